The highest BCUT2D eigenvalue weighted by Crippen LogP contribution is 2.21. The number of hydrazine groups is 1. The van der Waals surface area contributed by atoms with E-state index in [9.17, 15) is 0 Å². The molecule has 0 aliphatic carbocycles. The van der Waals surface area contributed by atoms with E-state index in [1.54, 1.807) is 11.3 Å². The topological polar surface area (TPSA) is 15.3 Å². The van der Waals surface area contributed by atoms with Crippen LogP contribution >= 0.6 is 27.3 Å². The van der Waals surface area contributed by atoms with Crippen molar-refractivity contribution in [1.82, 2.24) is 10.4 Å². The minimum atomic E-state index is 0.969. The Hall–Kier alpha value is 0.1000. The summed E-state index contributed by atoms with van der Waals surface area (Å²) in [4.78, 5) is 1.39. The number of halogens is 1. The monoisotopic (exact) mass is 274 g/mol. The van der Waals surface area contributed by atoms with E-state index in [0.717, 1.165) is 6.54 Å². The molecule has 1 aromatic rings. The lowest BCUT2D eigenvalue weighted by molar-refractivity contribution is 0.152. The van der Waals surface area contributed by atoms with E-state index in [0.29, 0.717) is 0 Å². The number of piperidine rings is 1. The highest BCUT2D eigenvalue weighted by Gasteiger charge is 2.09. The molecule has 0 atom stereocenters. The fraction of sp³-hybridized carbons (Fsp3) is 0.600. The molecular formula is C10H15BrN2S. The largest absolute Gasteiger partial charge is 0.250 e. The van der Waals surface area contributed by atoms with Crippen LogP contribution in [0.25, 0.3) is 0 Å². The van der Waals surface area contributed by atoms with Crippen molar-refractivity contribution < 1.29 is 0 Å². The number of hydrogen-bond donors (Lipinski definition) is 1. The number of nitrogens with zero attached hydrogens (tertiary/aromatic N) is 1. The Labute approximate surface area is 97.4 Å². The molecule has 1 aliphatic heterocycles. The van der Waals surface area contributed by atoms with Gasteiger partial charge in [-0.2, -0.15) is 0 Å². The molecule has 1 N–H and O–H groups in total. The van der Waals surface area contributed by atoms with Gasteiger partial charge in [0.1, 0.15) is 0 Å². The number of nitrogens with one attached hydrogen (secondary N) is 1. The van der Waals surface area contributed by atoms with Gasteiger partial charge in [0.05, 0.1) is 3.79 Å². The molecule has 1 saturated heterocycles. The molecule has 0 radical (unpaired) electrons. The quantitative estimate of drug-likeness (QED) is 0.912. The Kier molecular flexibility index (Phi) is 3.99. The lowest BCUT2D eigenvalue weighted by Gasteiger charge is -2.26. The van der Waals surface area contributed by atoms with E-state index in [-0.39, 0.29) is 0 Å². The van der Waals surface area contributed by atoms with Crippen molar-refractivity contribution in [2.75, 3.05) is 13.1 Å². The summed E-state index contributed by atoms with van der Waals surface area (Å²) >= 11 is 5.28. The standard InChI is InChI=1S/C10H15BrN2S/c11-10-5-4-9(14-10)8-12-13-6-2-1-3-7-13/h4-5,12H,1-3,6-8H2. The van der Waals surface area contributed by atoms with Gasteiger partial charge in [0.25, 0.3) is 0 Å². The fourth-order valence-corrected chi connectivity index (χ4v) is 3.10. The maximum Gasteiger partial charge on any atom is 0.0701 e. The predicted octanol–water partition coefficient (Wildman–Crippen LogP) is 3.00. The number of thiophene rings is 1. The van der Waals surface area contributed by atoms with Crippen molar-refractivity contribution in [1.29, 1.82) is 0 Å². The molecule has 0 amide bonds. The van der Waals surface area contributed by atoms with Gasteiger partial charge in [0, 0.05) is 24.5 Å². The molecule has 0 bridgehead atoms. The molecule has 0 saturated carbocycles. The summed E-state index contributed by atoms with van der Waals surface area (Å²) in [6.45, 7) is 3.37. The maximum absolute atomic E-state index is 3.48. The van der Waals surface area contributed by atoms with Crippen LogP contribution in [0.1, 0.15) is 24.1 Å². The predicted molar refractivity (Wildman–Crippen MR) is 64.3 cm³/mol. The highest BCUT2D eigenvalue weighted by molar-refractivity contribution is 9.11. The van der Waals surface area contributed by atoms with Crippen molar-refractivity contribution in [3.63, 3.8) is 0 Å². The zero-order valence-electron chi connectivity index (χ0n) is 8.13. The molecule has 78 valence electrons. The third kappa shape index (κ3) is 3.05. The van der Waals surface area contributed by atoms with E-state index in [2.05, 4.69) is 38.5 Å². The van der Waals surface area contributed by atoms with Gasteiger partial charge in [-0.05, 0) is 40.9 Å². The van der Waals surface area contributed by atoms with E-state index in [1.807, 2.05) is 0 Å². The van der Waals surface area contributed by atoms with Crippen molar-refractivity contribution in [2.24, 2.45) is 0 Å². The molecule has 0 spiro atoms. The van der Waals surface area contributed by atoms with E-state index >= 15 is 0 Å². The molecule has 1 fully saturated rings. The number of rotatable bonds is 3. The Morgan fingerprint density at radius 2 is 2.07 bits per heavy atom. The van der Waals surface area contributed by atoms with Crippen molar-refractivity contribution in [2.45, 2.75) is 25.8 Å². The summed E-state index contributed by atoms with van der Waals surface area (Å²) in [7, 11) is 0. The average molecular weight is 275 g/mol. The second-order valence-corrected chi connectivity index (χ2v) is 6.14. The third-order valence-electron chi connectivity index (χ3n) is 2.46. The Balaban J connectivity index is 1.76. The van der Waals surface area contributed by atoms with E-state index in [1.165, 1.54) is 41.0 Å². The first-order valence-electron chi connectivity index (χ1n) is 5.07. The third-order valence-corrected chi connectivity index (χ3v) is 4.09. The average Bonchev–Trinajstić information content (AvgIpc) is 2.63. The zero-order chi connectivity index (χ0) is 9.80. The van der Waals surface area contributed by atoms with Gasteiger partial charge in [-0.25, -0.2) is 10.4 Å². The molecule has 2 nitrogen and oxygen atoms in total. The second-order valence-electron chi connectivity index (χ2n) is 3.59. The normalized spacial score (nSPS) is 18.6. The molecule has 1 aliphatic rings. The smallest absolute Gasteiger partial charge is 0.0701 e. The lowest BCUT2D eigenvalue weighted by Crippen LogP contribution is -2.40. The van der Waals surface area contributed by atoms with Crippen molar-refractivity contribution >= 4 is 27.3 Å². The van der Waals surface area contributed by atoms with Gasteiger partial charge in [-0.3, -0.25) is 0 Å². The summed E-state index contributed by atoms with van der Waals surface area (Å²) in [6.07, 6.45) is 4.06. The first-order chi connectivity index (χ1) is 6.84. The van der Waals surface area contributed by atoms with Crippen LogP contribution in [-0.2, 0) is 6.54 Å². The summed E-state index contributed by atoms with van der Waals surface area (Å²) in [5.41, 5.74) is 3.47. The minimum absolute atomic E-state index is 0.969. The van der Waals surface area contributed by atoms with Gasteiger partial charge >= 0.3 is 0 Å². The fourth-order valence-electron chi connectivity index (χ4n) is 1.69. The summed E-state index contributed by atoms with van der Waals surface area (Å²) in [5.74, 6) is 0. The van der Waals surface area contributed by atoms with Crippen LogP contribution in [0.5, 0.6) is 0 Å². The van der Waals surface area contributed by atoms with Crippen LogP contribution in [-0.4, -0.2) is 18.1 Å². The van der Waals surface area contributed by atoms with Gasteiger partial charge in [0.15, 0.2) is 0 Å². The highest BCUT2D eigenvalue weighted by atomic mass is 79.9. The van der Waals surface area contributed by atoms with Crippen LogP contribution in [0, 0.1) is 0 Å². The van der Waals surface area contributed by atoms with Crippen LogP contribution in [0.2, 0.25) is 0 Å². The van der Waals surface area contributed by atoms with Crippen LogP contribution in [0.15, 0.2) is 15.9 Å². The van der Waals surface area contributed by atoms with Crippen LogP contribution < -0.4 is 5.43 Å². The van der Waals surface area contributed by atoms with Gasteiger partial charge in [-0.15, -0.1) is 11.3 Å². The molecule has 0 unspecified atom stereocenters. The second kappa shape index (κ2) is 5.26. The van der Waals surface area contributed by atoms with Gasteiger partial charge in [0.2, 0.25) is 0 Å². The SMILES string of the molecule is Brc1ccc(CNN2CCCCC2)s1. The number of hydrogen-bond acceptors (Lipinski definition) is 3. The maximum atomic E-state index is 3.48. The molecule has 4 heteroatoms. The first kappa shape index (κ1) is 10.6. The summed E-state index contributed by atoms with van der Waals surface area (Å²) < 4.78 is 1.22. The van der Waals surface area contributed by atoms with E-state index in [4.69, 9.17) is 0 Å². The van der Waals surface area contributed by atoms with Gasteiger partial charge in [-0.1, -0.05) is 6.42 Å². The Morgan fingerprint density at radius 1 is 1.29 bits per heavy atom. The van der Waals surface area contributed by atoms with Crippen molar-refractivity contribution in [3.8, 4) is 0 Å². The summed E-state index contributed by atoms with van der Waals surface area (Å²) in [5, 5.41) is 2.34. The molecule has 2 heterocycles. The lowest BCUT2D eigenvalue weighted by atomic mass is 10.2. The molecular weight excluding hydrogens is 260 g/mol. The zero-order valence-corrected chi connectivity index (χ0v) is 10.5. The van der Waals surface area contributed by atoms with Crippen LogP contribution in [0.4, 0.5) is 0 Å². The van der Waals surface area contributed by atoms with Gasteiger partial charge < -0.3 is 0 Å². The molecule has 14 heavy (non-hydrogen) atoms. The molecule has 1 aromatic heterocycles. The first-order valence-corrected chi connectivity index (χ1v) is 6.68. The molecule has 2 rings (SSSR count). The van der Waals surface area contributed by atoms with Crippen LogP contribution in [0.3, 0.4) is 0 Å². The Morgan fingerprint density at radius 3 is 2.71 bits per heavy atom. The molecule has 0 aromatic carbocycles. The van der Waals surface area contributed by atoms with Crippen molar-refractivity contribution in [3.05, 3.63) is 20.8 Å². The Bertz CT molecular complexity index is 281. The van der Waals surface area contributed by atoms with E-state index < -0.39 is 0 Å². The minimum Gasteiger partial charge on any atom is -0.250 e. The summed E-state index contributed by atoms with van der Waals surface area (Å²) in [6, 6.07) is 4.28.